The van der Waals surface area contributed by atoms with Crippen molar-refractivity contribution in [2.24, 2.45) is 0 Å². The van der Waals surface area contributed by atoms with Crippen LogP contribution in [0.15, 0.2) is 18.2 Å². The highest BCUT2D eigenvalue weighted by Crippen LogP contribution is 2.16. The van der Waals surface area contributed by atoms with Gasteiger partial charge in [-0.1, -0.05) is 6.07 Å². The molecule has 0 aromatic heterocycles. The number of esters is 1. The second kappa shape index (κ2) is 4.41. The molecule has 4 heteroatoms. The van der Waals surface area contributed by atoms with Crippen molar-refractivity contribution >= 4 is 12.2 Å². The van der Waals surface area contributed by atoms with Gasteiger partial charge in [-0.2, -0.15) is 0 Å². The maximum atomic E-state index is 10.5. The number of phenolic OH excluding ortho intramolecular Hbond substituents is 1. The normalized spacial score (nSPS) is 9.50. The Kier molecular flexibility index (Phi) is 3.23. The van der Waals surface area contributed by atoms with E-state index in [4.69, 9.17) is 10.1 Å². The van der Waals surface area contributed by atoms with Crippen molar-refractivity contribution in [3.8, 4) is 5.75 Å². The minimum Gasteiger partial charge on any atom is -0.507 e. The standard InChI is InChI=1S/C10H11NO3/c1-7(12)14-6-8-2-3-10(13)9(4-8)5-11/h2-5,11,13H,6H2,1H3. The zero-order valence-electron chi connectivity index (χ0n) is 7.78. The molecule has 1 aromatic carbocycles. The number of carbonyl (C=O) groups is 1. The Bertz CT molecular complexity index is 360. The molecule has 0 amide bonds. The SMILES string of the molecule is CC(=O)OCc1ccc(O)c(C=N)c1. The van der Waals surface area contributed by atoms with Crippen LogP contribution in [0.4, 0.5) is 0 Å². The van der Waals surface area contributed by atoms with Crippen LogP contribution in [-0.2, 0) is 16.1 Å². The first-order valence-corrected chi connectivity index (χ1v) is 4.09. The van der Waals surface area contributed by atoms with Gasteiger partial charge in [-0.15, -0.1) is 0 Å². The number of hydrogen-bond acceptors (Lipinski definition) is 4. The molecule has 4 nitrogen and oxygen atoms in total. The summed E-state index contributed by atoms with van der Waals surface area (Å²) >= 11 is 0. The minimum absolute atomic E-state index is 0.0478. The van der Waals surface area contributed by atoms with Crippen molar-refractivity contribution in [2.75, 3.05) is 0 Å². The van der Waals surface area contributed by atoms with Gasteiger partial charge in [0.05, 0.1) is 0 Å². The number of ether oxygens (including phenoxy) is 1. The molecule has 1 aromatic rings. The van der Waals surface area contributed by atoms with E-state index < -0.39 is 0 Å². The summed E-state index contributed by atoms with van der Waals surface area (Å²) in [6, 6.07) is 4.72. The summed E-state index contributed by atoms with van der Waals surface area (Å²) in [7, 11) is 0. The first kappa shape index (κ1) is 10.2. The van der Waals surface area contributed by atoms with E-state index in [1.165, 1.54) is 13.0 Å². The number of nitrogens with one attached hydrogen (secondary N) is 1. The van der Waals surface area contributed by atoms with Crippen molar-refractivity contribution in [1.82, 2.24) is 0 Å². The van der Waals surface area contributed by atoms with E-state index in [2.05, 4.69) is 0 Å². The Labute approximate surface area is 81.6 Å². The zero-order chi connectivity index (χ0) is 10.6. The van der Waals surface area contributed by atoms with Gasteiger partial charge in [-0.25, -0.2) is 0 Å². The van der Waals surface area contributed by atoms with E-state index in [0.717, 1.165) is 11.8 Å². The van der Waals surface area contributed by atoms with Gasteiger partial charge in [-0.05, 0) is 17.7 Å². The third-order valence-electron chi connectivity index (χ3n) is 1.69. The summed E-state index contributed by atoms with van der Waals surface area (Å²) in [4.78, 5) is 10.5. The zero-order valence-corrected chi connectivity index (χ0v) is 7.78. The molecule has 0 heterocycles. The Morgan fingerprint density at radius 3 is 2.93 bits per heavy atom. The van der Waals surface area contributed by atoms with E-state index >= 15 is 0 Å². The maximum absolute atomic E-state index is 10.5. The molecule has 74 valence electrons. The monoisotopic (exact) mass is 193 g/mol. The lowest BCUT2D eigenvalue weighted by Crippen LogP contribution is -1.99. The third kappa shape index (κ3) is 2.58. The maximum Gasteiger partial charge on any atom is 0.302 e. The van der Waals surface area contributed by atoms with Crippen molar-refractivity contribution in [3.05, 3.63) is 29.3 Å². The summed E-state index contributed by atoms with van der Waals surface area (Å²) < 4.78 is 4.77. The average molecular weight is 193 g/mol. The molecule has 1 rings (SSSR count). The predicted octanol–water partition coefficient (Wildman–Crippen LogP) is 1.45. The Morgan fingerprint density at radius 1 is 1.64 bits per heavy atom. The Balaban J connectivity index is 2.79. The summed E-state index contributed by atoms with van der Waals surface area (Å²) in [5.74, 6) is -0.305. The number of rotatable bonds is 3. The summed E-state index contributed by atoms with van der Waals surface area (Å²) in [5, 5.41) is 16.3. The van der Waals surface area contributed by atoms with E-state index in [9.17, 15) is 9.90 Å². The number of hydrogen-bond donors (Lipinski definition) is 2. The Morgan fingerprint density at radius 2 is 2.36 bits per heavy atom. The quantitative estimate of drug-likeness (QED) is 0.563. The van der Waals surface area contributed by atoms with E-state index in [1.807, 2.05) is 0 Å². The fraction of sp³-hybridized carbons (Fsp3) is 0.200. The highest BCUT2D eigenvalue weighted by atomic mass is 16.5. The minimum atomic E-state index is -0.352. The molecule has 0 bridgehead atoms. The lowest BCUT2D eigenvalue weighted by atomic mass is 10.1. The molecule has 14 heavy (non-hydrogen) atoms. The van der Waals surface area contributed by atoms with Gasteiger partial charge in [0.25, 0.3) is 0 Å². The van der Waals surface area contributed by atoms with E-state index in [-0.39, 0.29) is 18.3 Å². The molecule has 0 atom stereocenters. The largest absolute Gasteiger partial charge is 0.507 e. The second-order valence-electron chi connectivity index (χ2n) is 2.82. The average Bonchev–Trinajstić information content (AvgIpc) is 2.16. The van der Waals surface area contributed by atoms with Gasteiger partial charge < -0.3 is 15.3 Å². The topological polar surface area (TPSA) is 70.4 Å². The molecule has 0 fully saturated rings. The van der Waals surface area contributed by atoms with Gasteiger partial charge >= 0.3 is 5.97 Å². The number of aromatic hydroxyl groups is 1. The van der Waals surface area contributed by atoms with Crippen LogP contribution >= 0.6 is 0 Å². The van der Waals surface area contributed by atoms with Gasteiger partial charge in [-0.3, -0.25) is 4.79 Å². The van der Waals surface area contributed by atoms with Crippen LogP contribution in [0.25, 0.3) is 0 Å². The summed E-state index contributed by atoms with van der Waals surface area (Å²) in [6.45, 7) is 1.49. The third-order valence-corrected chi connectivity index (χ3v) is 1.69. The molecule has 0 spiro atoms. The molecule has 0 aliphatic carbocycles. The summed E-state index contributed by atoms with van der Waals surface area (Å²) in [6.07, 6.45) is 1.05. The molecule has 2 N–H and O–H groups in total. The highest BCUT2D eigenvalue weighted by molar-refractivity contribution is 5.81. The lowest BCUT2D eigenvalue weighted by Gasteiger charge is -2.04. The second-order valence-corrected chi connectivity index (χ2v) is 2.82. The van der Waals surface area contributed by atoms with Crippen LogP contribution in [0.1, 0.15) is 18.1 Å². The van der Waals surface area contributed by atoms with Gasteiger partial charge in [0.2, 0.25) is 0 Å². The smallest absolute Gasteiger partial charge is 0.302 e. The molecule has 0 unspecified atom stereocenters. The predicted molar refractivity (Wildman–Crippen MR) is 51.5 cm³/mol. The first-order valence-electron chi connectivity index (χ1n) is 4.09. The fourth-order valence-corrected chi connectivity index (χ4v) is 0.994. The fourth-order valence-electron chi connectivity index (χ4n) is 0.994. The van der Waals surface area contributed by atoms with E-state index in [0.29, 0.717) is 5.56 Å². The van der Waals surface area contributed by atoms with Crippen molar-refractivity contribution in [2.45, 2.75) is 13.5 Å². The summed E-state index contributed by atoms with van der Waals surface area (Å²) in [5.41, 5.74) is 1.16. The number of carbonyl (C=O) groups excluding carboxylic acids is 1. The lowest BCUT2D eigenvalue weighted by molar-refractivity contribution is -0.142. The molecular weight excluding hydrogens is 182 g/mol. The van der Waals surface area contributed by atoms with Crippen LogP contribution in [0.3, 0.4) is 0 Å². The van der Waals surface area contributed by atoms with Crippen LogP contribution < -0.4 is 0 Å². The van der Waals surface area contributed by atoms with Crippen LogP contribution in [0, 0.1) is 5.41 Å². The molecule has 0 radical (unpaired) electrons. The number of benzene rings is 1. The Hall–Kier alpha value is -1.84. The first-order chi connectivity index (χ1) is 6.63. The molecule has 0 saturated heterocycles. The highest BCUT2D eigenvalue weighted by Gasteiger charge is 2.01. The van der Waals surface area contributed by atoms with E-state index in [1.54, 1.807) is 12.1 Å². The van der Waals surface area contributed by atoms with Crippen molar-refractivity contribution in [3.63, 3.8) is 0 Å². The van der Waals surface area contributed by atoms with Crippen molar-refractivity contribution < 1.29 is 14.6 Å². The van der Waals surface area contributed by atoms with Gasteiger partial charge in [0, 0.05) is 18.7 Å². The van der Waals surface area contributed by atoms with Crippen LogP contribution in [0.2, 0.25) is 0 Å². The molecular formula is C10H11NO3. The molecule has 0 aliphatic heterocycles. The number of phenols is 1. The molecule has 0 aliphatic rings. The van der Waals surface area contributed by atoms with Gasteiger partial charge in [0.15, 0.2) is 0 Å². The van der Waals surface area contributed by atoms with Gasteiger partial charge in [0.1, 0.15) is 12.4 Å². The van der Waals surface area contributed by atoms with Crippen molar-refractivity contribution in [1.29, 1.82) is 5.41 Å². The molecule has 0 saturated carbocycles. The van der Waals surface area contributed by atoms with Crippen LogP contribution in [-0.4, -0.2) is 17.3 Å². The van der Waals surface area contributed by atoms with Crippen LogP contribution in [0.5, 0.6) is 5.75 Å².